The van der Waals surface area contributed by atoms with E-state index in [1.54, 1.807) is 0 Å². The molecule has 1 aromatic rings. The van der Waals surface area contributed by atoms with E-state index in [1.165, 1.54) is 11.3 Å². The van der Waals surface area contributed by atoms with Crippen LogP contribution in [0.2, 0.25) is 0 Å². The fourth-order valence-corrected chi connectivity index (χ4v) is 1.39. The van der Waals surface area contributed by atoms with Crippen molar-refractivity contribution in [3.63, 3.8) is 0 Å². The van der Waals surface area contributed by atoms with E-state index in [-0.39, 0.29) is 6.04 Å². The van der Waals surface area contributed by atoms with E-state index in [0.717, 1.165) is 13.0 Å². The van der Waals surface area contributed by atoms with Crippen molar-refractivity contribution >= 4 is 5.69 Å². The van der Waals surface area contributed by atoms with Crippen LogP contribution in [0.5, 0.6) is 0 Å². The van der Waals surface area contributed by atoms with Crippen molar-refractivity contribution in [3.05, 3.63) is 29.8 Å². The zero-order chi connectivity index (χ0) is 10.6. The number of nitrogens with zero attached hydrogens (tertiary/aromatic N) is 1. The zero-order valence-corrected chi connectivity index (χ0v) is 9.33. The highest BCUT2D eigenvalue weighted by atomic mass is 15.1. The van der Waals surface area contributed by atoms with Gasteiger partial charge in [-0.2, -0.15) is 0 Å². The SMILES string of the molecule is CC[C@H](N)c1ccc(N(C)CC)cc1. The van der Waals surface area contributed by atoms with Crippen LogP contribution in [0.15, 0.2) is 24.3 Å². The molecule has 0 aliphatic heterocycles. The van der Waals surface area contributed by atoms with E-state index in [0.29, 0.717) is 0 Å². The molecule has 0 saturated heterocycles. The van der Waals surface area contributed by atoms with Crippen LogP contribution in [-0.4, -0.2) is 13.6 Å². The summed E-state index contributed by atoms with van der Waals surface area (Å²) < 4.78 is 0. The molecule has 0 fully saturated rings. The summed E-state index contributed by atoms with van der Waals surface area (Å²) in [5.74, 6) is 0. The summed E-state index contributed by atoms with van der Waals surface area (Å²) in [6.45, 7) is 5.28. The van der Waals surface area contributed by atoms with Crippen molar-refractivity contribution in [2.45, 2.75) is 26.3 Å². The Balaban J connectivity index is 2.78. The van der Waals surface area contributed by atoms with E-state index in [4.69, 9.17) is 5.73 Å². The highest BCUT2D eigenvalue weighted by molar-refractivity contribution is 5.47. The molecule has 1 rings (SSSR count). The van der Waals surface area contributed by atoms with Crippen LogP contribution in [0.25, 0.3) is 0 Å². The molecule has 2 N–H and O–H groups in total. The summed E-state index contributed by atoms with van der Waals surface area (Å²) >= 11 is 0. The molecule has 1 aromatic carbocycles. The first-order valence-corrected chi connectivity index (χ1v) is 5.25. The second-order valence-electron chi connectivity index (χ2n) is 3.62. The summed E-state index contributed by atoms with van der Waals surface area (Å²) in [5, 5.41) is 0. The molecule has 0 radical (unpaired) electrons. The van der Waals surface area contributed by atoms with E-state index in [9.17, 15) is 0 Å². The molecule has 0 heterocycles. The van der Waals surface area contributed by atoms with Gasteiger partial charge in [-0.1, -0.05) is 19.1 Å². The van der Waals surface area contributed by atoms with Gasteiger partial charge in [0.25, 0.3) is 0 Å². The van der Waals surface area contributed by atoms with Gasteiger partial charge in [0.15, 0.2) is 0 Å². The van der Waals surface area contributed by atoms with Crippen LogP contribution in [0.4, 0.5) is 5.69 Å². The first-order chi connectivity index (χ1) is 6.69. The first kappa shape index (κ1) is 11.1. The number of nitrogens with two attached hydrogens (primary N) is 1. The molecule has 0 aromatic heterocycles. The van der Waals surface area contributed by atoms with Gasteiger partial charge in [-0.3, -0.25) is 0 Å². The Morgan fingerprint density at radius 2 is 1.79 bits per heavy atom. The third-order valence-corrected chi connectivity index (χ3v) is 2.68. The summed E-state index contributed by atoms with van der Waals surface area (Å²) in [7, 11) is 2.09. The molecular weight excluding hydrogens is 172 g/mol. The van der Waals surface area contributed by atoms with Crippen molar-refractivity contribution in [1.82, 2.24) is 0 Å². The minimum Gasteiger partial charge on any atom is -0.375 e. The molecule has 0 aliphatic rings. The van der Waals surface area contributed by atoms with E-state index in [1.807, 2.05) is 0 Å². The Morgan fingerprint density at radius 1 is 1.21 bits per heavy atom. The normalized spacial score (nSPS) is 12.6. The molecular formula is C12H20N2. The maximum Gasteiger partial charge on any atom is 0.0363 e. The number of anilines is 1. The fraction of sp³-hybridized carbons (Fsp3) is 0.500. The second kappa shape index (κ2) is 5.01. The number of benzene rings is 1. The van der Waals surface area contributed by atoms with E-state index in [2.05, 4.69) is 50.1 Å². The van der Waals surface area contributed by atoms with Crippen LogP contribution in [0.3, 0.4) is 0 Å². The van der Waals surface area contributed by atoms with Gasteiger partial charge in [0.2, 0.25) is 0 Å². The zero-order valence-electron chi connectivity index (χ0n) is 9.33. The van der Waals surface area contributed by atoms with Crippen LogP contribution in [0, 0.1) is 0 Å². The number of hydrogen-bond donors (Lipinski definition) is 1. The molecule has 0 bridgehead atoms. The highest BCUT2D eigenvalue weighted by Gasteiger charge is 2.03. The first-order valence-electron chi connectivity index (χ1n) is 5.25. The molecule has 0 saturated carbocycles. The predicted octanol–water partition coefficient (Wildman–Crippen LogP) is 2.55. The predicted molar refractivity (Wildman–Crippen MR) is 62.6 cm³/mol. The largest absolute Gasteiger partial charge is 0.375 e. The van der Waals surface area contributed by atoms with Crippen LogP contribution >= 0.6 is 0 Å². The molecule has 78 valence electrons. The molecule has 14 heavy (non-hydrogen) atoms. The highest BCUT2D eigenvalue weighted by Crippen LogP contribution is 2.18. The second-order valence-corrected chi connectivity index (χ2v) is 3.62. The number of rotatable bonds is 4. The quantitative estimate of drug-likeness (QED) is 0.794. The minimum absolute atomic E-state index is 0.177. The van der Waals surface area contributed by atoms with Gasteiger partial charge in [-0.25, -0.2) is 0 Å². The standard InChI is InChI=1S/C12H20N2/c1-4-12(13)10-6-8-11(9-7-10)14(3)5-2/h6-9,12H,4-5,13H2,1-3H3/t12-/m0/s1. The average Bonchev–Trinajstić information content (AvgIpc) is 2.27. The molecule has 0 amide bonds. The van der Waals surface area contributed by atoms with Crippen molar-refractivity contribution < 1.29 is 0 Å². The molecule has 0 spiro atoms. The topological polar surface area (TPSA) is 29.3 Å². The van der Waals surface area contributed by atoms with Crippen molar-refractivity contribution in [1.29, 1.82) is 0 Å². The summed E-state index contributed by atoms with van der Waals surface area (Å²) in [4.78, 5) is 2.21. The molecule has 0 unspecified atom stereocenters. The van der Waals surface area contributed by atoms with Crippen LogP contribution < -0.4 is 10.6 Å². The van der Waals surface area contributed by atoms with Crippen LogP contribution in [0.1, 0.15) is 31.9 Å². The van der Waals surface area contributed by atoms with Gasteiger partial charge in [-0.05, 0) is 31.0 Å². The summed E-state index contributed by atoms with van der Waals surface area (Å²) in [6, 6.07) is 8.68. The Kier molecular flexibility index (Phi) is 3.96. The van der Waals surface area contributed by atoms with Crippen molar-refractivity contribution in [2.24, 2.45) is 5.73 Å². The lowest BCUT2D eigenvalue weighted by atomic mass is 10.1. The average molecular weight is 192 g/mol. The fourth-order valence-electron chi connectivity index (χ4n) is 1.39. The molecule has 2 nitrogen and oxygen atoms in total. The molecule has 0 aliphatic carbocycles. The van der Waals surface area contributed by atoms with Gasteiger partial charge in [-0.15, -0.1) is 0 Å². The lowest BCUT2D eigenvalue weighted by Gasteiger charge is -2.17. The van der Waals surface area contributed by atoms with Gasteiger partial charge in [0.05, 0.1) is 0 Å². The van der Waals surface area contributed by atoms with Gasteiger partial charge < -0.3 is 10.6 Å². The number of hydrogen-bond acceptors (Lipinski definition) is 2. The molecule has 2 heteroatoms. The lowest BCUT2D eigenvalue weighted by Crippen LogP contribution is -2.16. The summed E-state index contributed by atoms with van der Waals surface area (Å²) in [6.07, 6.45) is 0.989. The Hall–Kier alpha value is -1.02. The van der Waals surface area contributed by atoms with Gasteiger partial charge in [0, 0.05) is 25.3 Å². The minimum atomic E-state index is 0.177. The maximum absolute atomic E-state index is 5.94. The lowest BCUT2D eigenvalue weighted by molar-refractivity contribution is 0.698. The van der Waals surface area contributed by atoms with Crippen molar-refractivity contribution in [2.75, 3.05) is 18.5 Å². The van der Waals surface area contributed by atoms with E-state index < -0.39 is 0 Å². The smallest absolute Gasteiger partial charge is 0.0363 e. The van der Waals surface area contributed by atoms with E-state index >= 15 is 0 Å². The Labute approximate surface area is 86.7 Å². The van der Waals surface area contributed by atoms with Gasteiger partial charge in [0.1, 0.15) is 0 Å². The van der Waals surface area contributed by atoms with Crippen molar-refractivity contribution in [3.8, 4) is 0 Å². The van der Waals surface area contributed by atoms with Crippen LogP contribution in [-0.2, 0) is 0 Å². The maximum atomic E-state index is 5.94. The van der Waals surface area contributed by atoms with Gasteiger partial charge >= 0.3 is 0 Å². The Bertz CT molecular complexity index is 237. The third-order valence-electron chi connectivity index (χ3n) is 2.68. The molecule has 1 atom stereocenters. The Morgan fingerprint density at radius 3 is 2.21 bits per heavy atom. The summed E-state index contributed by atoms with van der Waals surface area (Å²) in [5.41, 5.74) is 8.41. The monoisotopic (exact) mass is 192 g/mol. The third kappa shape index (κ3) is 2.48.